The average molecular weight is 170 g/mol. The highest BCUT2D eigenvalue weighted by Gasteiger charge is 1.99. The van der Waals surface area contributed by atoms with Crippen molar-refractivity contribution in [3.05, 3.63) is 6.42 Å². The fourth-order valence-corrected chi connectivity index (χ4v) is 1.12. The Hall–Kier alpha value is 0.240. The van der Waals surface area contributed by atoms with Crippen LogP contribution < -0.4 is 0 Å². The second-order valence-corrected chi connectivity index (χ2v) is 4.42. The fraction of sp³-hybridized carbons (Fsp3) is 0.800. The molecule has 0 rings (SSSR count). The molecule has 0 amide bonds. The minimum Gasteiger partial charge on any atom is -0.229 e. The monoisotopic (exact) mass is 169 g/mol. The number of hydrogen-bond donors (Lipinski definition) is 0. The molecule has 1 radical (unpaired) electrons. The van der Waals surface area contributed by atoms with Crippen molar-refractivity contribution in [2.75, 3.05) is 17.9 Å². The smallest absolute Gasteiger partial charge is 0.147 e. The SMILES string of the molecule is CS(=O)(=O)C[CH]CCCl. The molecule has 0 atom stereocenters. The second kappa shape index (κ2) is 4.12. The van der Waals surface area contributed by atoms with Crippen LogP contribution in [0.25, 0.3) is 0 Å². The third kappa shape index (κ3) is 8.24. The molecule has 0 aliphatic heterocycles. The molecule has 0 aromatic rings. The van der Waals surface area contributed by atoms with E-state index < -0.39 is 9.84 Å². The molecule has 0 saturated carbocycles. The lowest BCUT2D eigenvalue weighted by atomic mass is 10.4. The average Bonchev–Trinajstić information content (AvgIpc) is 1.63. The van der Waals surface area contributed by atoms with Gasteiger partial charge in [-0.2, -0.15) is 0 Å². The molecule has 0 aliphatic carbocycles. The molecular formula is C5H10ClO2S. The van der Waals surface area contributed by atoms with Gasteiger partial charge in [0.2, 0.25) is 0 Å². The van der Waals surface area contributed by atoms with Crippen molar-refractivity contribution >= 4 is 21.4 Å². The van der Waals surface area contributed by atoms with Gasteiger partial charge in [0, 0.05) is 12.1 Å². The lowest BCUT2D eigenvalue weighted by Gasteiger charge is -1.92. The normalized spacial score (nSPS) is 11.8. The van der Waals surface area contributed by atoms with Crippen molar-refractivity contribution in [3.63, 3.8) is 0 Å². The van der Waals surface area contributed by atoms with Crippen molar-refractivity contribution in [1.82, 2.24) is 0 Å². The molecule has 0 saturated heterocycles. The topological polar surface area (TPSA) is 34.1 Å². The molecule has 0 heterocycles. The van der Waals surface area contributed by atoms with Gasteiger partial charge in [-0.05, 0) is 12.8 Å². The van der Waals surface area contributed by atoms with E-state index in [0.717, 1.165) is 0 Å². The summed E-state index contributed by atoms with van der Waals surface area (Å²) in [5.41, 5.74) is 0. The number of alkyl halides is 1. The summed E-state index contributed by atoms with van der Waals surface area (Å²) in [5.74, 6) is 0.634. The fourth-order valence-electron chi connectivity index (χ4n) is 0.375. The first kappa shape index (κ1) is 9.24. The molecule has 0 N–H and O–H groups in total. The van der Waals surface area contributed by atoms with Crippen LogP contribution >= 0.6 is 11.6 Å². The first-order valence-electron chi connectivity index (χ1n) is 2.61. The van der Waals surface area contributed by atoms with Crippen molar-refractivity contribution in [3.8, 4) is 0 Å². The Morgan fingerprint density at radius 1 is 1.56 bits per heavy atom. The molecule has 0 bridgehead atoms. The number of unbranched alkanes of at least 4 members (excludes halogenated alkanes) is 1. The van der Waals surface area contributed by atoms with E-state index in [0.29, 0.717) is 12.3 Å². The van der Waals surface area contributed by atoms with Gasteiger partial charge in [0.25, 0.3) is 0 Å². The summed E-state index contributed by atoms with van der Waals surface area (Å²) >= 11 is 5.30. The molecule has 0 aliphatic rings. The highest BCUT2D eigenvalue weighted by atomic mass is 35.5. The number of rotatable bonds is 4. The van der Waals surface area contributed by atoms with Gasteiger partial charge >= 0.3 is 0 Å². The Kier molecular flexibility index (Phi) is 4.23. The standard InChI is InChI=1S/C5H10ClO2S/c1-9(7,8)5-3-2-4-6/h3H,2,4-5H2,1H3. The summed E-state index contributed by atoms with van der Waals surface area (Å²) < 4.78 is 20.9. The van der Waals surface area contributed by atoms with E-state index in [1.165, 1.54) is 6.26 Å². The quantitative estimate of drug-likeness (QED) is 0.462. The number of hydrogen-bond acceptors (Lipinski definition) is 2. The van der Waals surface area contributed by atoms with E-state index in [-0.39, 0.29) is 5.75 Å². The third-order valence-corrected chi connectivity index (χ3v) is 1.79. The van der Waals surface area contributed by atoms with Gasteiger partial charge in [0.15, 0.2) is 0 Å². The van der Waals surface area contributed by atoms with Crippen LogP contribution in [0.1, 0.15) is 6.42 Å². The van der Waals surface area contributed by atoms with Gasteiger partial charge in [0.05, 0.1) is 5.75 Å². The second-order valence-electron chi connectivity index (χ2n) is 1.86. The van der Waals surface area contributed by atoms with Crippen molar-refractivity contribution in [2.24, 2.45) is 0 Å². The van der Waals surface area contributed by atoms with Gasteiger partial charge in [-0.25, -0.2) is 8.42 Å². The molecule has 0 spiro atoms. The van der Waals surface area contributed by atoms with Gasteiger partial charge in [-0.3, -0.25) is 0 Å². The van der Waals surface area contributed by atoms with Crippen LogP contribution in [0.5, 0.6) is 0 Å². The predicted molar refractivity (Wildman–Crippen MR) is 39.3 cm³/mol. The van der Waals surface area contributed by atoms with Crippen LogP contribution in [0.15, 0.2) is 0 Å². The predicted octanol–water partition coefficient (Wildman–Crippen LogP) is 0.864. The molecule has 0 unspecified atom stereocenters. The van der Waals surface area contributed by atoms with Crippen LogP contribution in [0.3, 0.4) is 0 Å². The van der Waals surface area contributed by atoms with E-state index in [9.17, 15) is 8.42 Å². The van der Waals surface area contributed by atoms with Gasteiger partial charge < -0.3 is 0 Å². The lowest BCUT2D eigenvalue weighted by Crippen LogP contribution is -2.03. The maximum Gasteiger partial charge on any atom is 0.147 e. The summed E-state index contributed by atoms with van der Waals surface area (Å²) in [4.78, 5) is 0. The Balaban J connectivity index is 3.30. The number of halogens is 1. The number of sulfone groups is 1. The Morgan fingerprint density at radius 3 is 2.44 bits per heavy atom. The van der Waals surface area contributed by atoms with Crippen molar-refractivity contribution < 1.29 is 8.42 Å². The zero-order valence-corrected chi connectivity index (χ0v) is 6.87. The van der Waals surface area contributed by atoms with Crippen LogP contribution in [0, 0.1) is 6.42 Å². The Bertz CT molecular complexity index is 150. The summed E-state index contributed by atoms with van der Waals surface area (Å²) in [6.07, 6.45) is 3.54. The maximum atomic E-state index is 10.4. The summed E-state index contributed by atoms with van der Waals surface area (Å²) in [6.45, 7) is 0. The molecule has 0 aromatic carbocycles. The Labute approximate surface area is 61.1 Å². The summed E-state index contributed by atoms with van der Waals surface area (Å²) in [5, 5.41) is 0. The van der Waals surface area contributed by atoms with E-state index >= 15 is 0 Å². The van der Waals surface area contributed by atoms with Crippen molar-refractivity contribution in [2.45, 2.75) is 6.42 Å². The summed E-state index contributed by atoms with van der Waals surface area (Å²) in [7, 11) is -2.81. The third-order valence-electron chi connectivity index (χ3n) is 0.734. The first-order valence-corrected chi connectivity index (χ1v) is 5.21. The first-order chi connectivity index (χ1) is 4.06. The highest BCUT2D eigenvalue weighted by molar-refractivity contribution is 7.90. The molecule has 0 fully saturated rings. The van der Waals surface area contributed by atoms with Crippen LogP contribution in [-0.2, 0) is 9.84 Å². The molecule has 2 nitrogen and oxygen atoms in total. The Morgan fingerprint density at radius 2 is 2.11 bits per heavy atom. The van der Waals surface area contributed by atoms with Crippen molar-refractivity contribution in [1.29, 1.82) is 0 Å². The molecule has 4 heteroatoms. The maximum absolute atomic E-state index is 10.4. The van der Waals surface area contributed by atoms with E-state index in [2.05, 4.69) is 0 Å². The van der Waals surface area contributed by atoms with Gasteiger partial charge in [-0.1, -0.05) is 0 Å². The van der Waals surface area contributed by atoms with Gasteiger partial charge in [0.1, 0.15) is 9.84 Å². The van der Waals surface area contributed by atoms with Crippen LogP contribution in [0.4, 0.5) is 0 Å². The molecule has 55 valence electrons. The largest absolute Gasteiger partial charge is 0.229 e. The minimum absolute atomic E-state index is 0.139. The molecule has 0 aromatic heterocycles. The van der Waals surface area contributed by atoms with Crippen LogP contribution in [-0.4, -0.2) is 26.3 Å². The van der Waals surface area contributed by atoms with Gasteiger partial charge in [-0.15, -0.1) is 11.6 Å². The highest BCUT2D eigenvalue weighted by Crippen LogP contribution is 1.93. The van der Waals surface area contributed by atoms with E-state index in [1.807, 2.05) is 0 Å². The zero-order chi connectivity index (χ0) is 7.33. The molecular weight excluding hydrogens is 160 g/mol. The lowest BCUT2D eigenvalue weighted by molar-refractivity contribution is 0.603. The zero-order valence-electron chi connectivity index (χ0n) is 5.30. The molecule has 9 heavy (non-hydrogen) atoms. The van der Waals surface area contributed by atoms with E-state index in [1.54, 1.807) is 6.42 Å². The van der Waals surface area contributed by atoms with E-state index in [4.69, 9.17) is 11.6 Å². The van der Waals surface area contributed by atoms with Crippen LogP contribution in [0.2, 0.25) is 0 Å². The summed E-state index contributed by atoms with van der Waals surface area (Å²) in [6, 6.07) is 0. The minimum atomic E-state index is -2.81.